The summed E-state index contributed by atoms with van der Waals surface area (Å²) in [5.74, 6) is -0.260. The third-order valence-electron chi connectivity index (χ3n) is 4.49. The van der Waals surface area contributed by atoms with E-state index in [9.17, 15) is 9.90 Å². The molecule has 0 spiro atoms. The van der Waals surface area contributed by atoms with Gasteiger partial charge in [0.2, 0.25) is 5.91 Å². The Morgan fingerprint density at radius 1 is 1.43 bits per heavy atom. The first-order valence-electron chi connectivity index (χ1n) is 8.09. The van der Waals surface area contributed by atoms with Crippen LogP contribution in [0.3, 0.4) is 0 Å². The molecule has 1 fully saturated rings. The Hall–Kier alpha value is -1.90. The van der Waals surface area contributed by atoms with E-state index in [0.29, 0.717) is 6.54 Å². The summed E-state index contributed by atoms with van der Waals surface area (Å²) in [4.78, 5) is 14.3. The molecule has 0 radical (unpaired) electrons. The van der Waals surface area contributed by atoms with Crippen LogP contribution in [0.5, 0.6) is 0 Å². The van der Waals surface area contributed by atoms with E-state index >= 15 is 0 Å². The molecule has 1 aromatic rings. The number of nitriles is 1. The molecule has 5 nitrogen and oxygen atoms in total. The average Bonchev–Trinajstić information content (AvgIpc) is 3.00. The topological polar surface area (TPSA) is 76.4 Å². The van der Waals surface area contributed by atoms with Crippen LogP contribution in [0, 0.1) is 16.7 Å². The number of carbonyl (C=O) groups excluding carboxylic acids is 1. The Morgan fingerprint density at radius 2 is 2.13 bits per heavy atom. The SMILES string of the molecule is CC(C)(C#N)C(=O)NCc1ccccc1CN1CCC[C@H]1CO. The maximum atomic E-state index is 12.0. The lowest BCUT2D eigenvalue weighted by atomic mass is 9.94. The second-order valence-electron chi connectivity index (χ2n) is 6.64. The van der Waals surface area contributed by atoms with E-state index in [2.05, 4.69) is 16.3 Å². The molecule has 0 saturated carbocycles. The first-order valence-corrected chi connectivity index (χ1v) is 8.09. The van der Waals surface area contributed by atoms with Gasteiger partial charge in [0.05, 0.1) is 12.7 Å². The molecule has 1 aromatic carbocycles. The molecule has 2 rings (SSSR count). The van der Waals surface area contributed by atoms with Gasteiger partial charge in [-0.2, -0.15) is 5.26 Å². The maximum absolute atomic E-state index is 12.0. The van der Waals surface area contributed by atoms with Crippen molar-refractivity contribution in [3.05, 3.63) is 35.4 Å². The fourth-order valence-electron chi connectivity index (χ4n) is 2.86. The standard InChI is InChI=1S/C18H25N3O2/c1-18(2,13-19)17(23)20-10-14-6-3-4-7-15(14)11-21-9-5-8-16(21)12-22/h3-4,6-7,16,22H,5,8-12H2,1-2H3,(H,20,23)/t16-/m0/s1. The Balaban J connectivity index is 2.03. The van der Waals surface area contributed by atoms with Gasteiger partial charge in [-0.1, -0.05) is 24.3 Å². The first kappa shape index (κ1) is 17.5. The van der Waals surface area contributed by atoms with Gasteiger partial charge in [-0.25, -0.2) is 0 Å². The highest BCUT2D eigenvalue weighted by Crippen LogP contribution is 2.21. The molecular weight excluding hydrogens is 290 g/mol. The number of carbonyl (C=O) groups is 1. The van der Waals surface area contributed by atoms with E-state index in [4.69, 9.17) is 5.26 Å². The number of aliphatic hydroxyl groups excluding tert-OH is 1. The van der Waals surface area contributed by atoms with Gasteiger partial charge >= 0.3 is 0 Å². The zero-order chi connectivity index (χ0) is 16.9. The molecule has 0 aromatic heterocycles. The smallest absolute Gasteiger partial charge is 0.240 e. The van der Waals surface area contributed by atoms with Gasteiger partial charge in [0, 0.05) is 19.1 Å². The third-order valence-corrected chi connectivity index (χ3v) is 4.49. The van der Waals surface area contributed by atoms with E-state index in [0.717, 1.165) is 37.1 Å². The van der Waals surface area contributed by atoms with Crippen molar-refractivity contribution >= 4 is 5.91 Å². The van der Waals surface area contributed by atoms with Gasteiger partial charge in [0.25, 0.3) is 0 Å². The number of nitrogens with one attached hydrogen (secondary N) is 1. The van der Waals surface area contributed by atoms with E-state index in [1.807, 2.05) is 24.3 Å². The van der Waals surface area contributed by atoms with Crippen molar-refractivity contribution in [1.82, 2.24) is 10.2 Å². The summed E-state index contributed by atoms with van der Waals surface area (Å²) in [5.41, 5.74) is 1.19. The molecule has 1 saturated heterocycles. The van der Waals surface area contributed by atoms with E-state index in [1.165, 1.54) is 0 Å². The van der Waals surface area contributed by atoms with Crippen LogP contribution in [0.1, 0.15) is 37.8 Å². The summed E-state index contributed by atoms with van der Waals surface area (Å²) in [6.07, 6.45) is 2.15. The summed E-state index contributed by atoms with van der Waals surface area (Å²) >= 11 is 0. The van der Waals surface area contributed by atoms with E-state index in [-0.39, 0.29) is 18.6 Å². The first-order chi connectivity index (χ1) is 11.0. The molecule has 0 unspecified atom stereocenters. The number of amides is 1. The monoisotopic (exact) mass is 315 g/mol. The number of nitrogens with zero attached hydrogens (tertiary/aromatic N) is 2. The van der Waals surface area contributed by atoms with Gasteiger partial charge in [-0.05, 0) is 44.4 Å². The molecule has 5 heteroatoms. The number of likely N-dealkylation sites (tertiary alicyclic amines) is 1. The number of rotatable bonds is 6. The van der Waals surface area contributed by atoms with Crippen molar-refractivity contribution in [2.24, 2.45) is 5.41 Å². The predicted molar refractivity (Wildman–Crippen MR) is 88.2 cm³/mol. The van der Waals surface area contributed by atoms with Crippen molar-refractivity contribution in [3.63, 3.8) is 0 Å². The second-order valence-corrected chi connectivity index (χ2v) is 6.64. The molecule has 1 aliphatic rings. The maximum Gasteiger partial charge on any atom is 0.240 e. The minimum atomic E-state index is -1.02. The summed E-state index contributed by atoms with van der Waals surface area (Å²) in [6.45, 7) is 5.61. The lowest BCUT2D eigenvalue weighted by Crippen LogP contribution is -2.36. The van der Waals surface area contributed by atoms with Crippen molar-refractivity contribution in [3.8, 4) is 6.07 Å². The van der Waals surface area contributed by atoms with Crippen LogP contribution in [0.2, 0.25) is 0 Å². The molecule has 124 valence electrons. The summed E-state index contributed by atoms with van der Waals surface area (Å²) < 4.78 is 0. The Kier molecular flexibility index (Phi) is 5.75. The summed E-state index contributed by atoms with van der Waals surface area (Å²) in [7, 11) is 0. The number of hydrogen-bond acceptors (Lipinski definition) is 4. The van der Waals surface area contributed by atoms with Gasteiger partial charge < -0.3 is 10.4 Å². The molecule has 1 atom stereocenters. The molecule has 2 N–H and O–H groups in total. The Labute approximate surface area is 137 Å². The third kappa shape index (κ3) is 4.31. The fraction of sp³-hybridized carbons (Fsp3) is 0.556. The lowest BCUT2D eigenvalue weighted by Gasteiger charge is -2.24. The Morgan fingerprint density at radius 3 is 2.78 bits per heavy atom. The minimum absolute atomic E-state index is 0.190. The van der Waals surface area contributed by atoms with Crippen LogP contribution in [-0.2, 0) is 17.9 Å². The molecule has 1 heterocycles. The average molecular weight is 315 g/mol. The van der Waals surface area contributed by atoms with E-state index in [1.54, 1.807) is 13.8 Å². The van der Waals surface area contributed by atoms with Crippen molar-refractivity contribution in [2.45, 2.75) is 45.8 Å². The zero-order valence-electron chi connectivity index (χ0n) is 13.9. The summed E-state index contributed by atoms with van der Waals surface area (Å²) in [6, 6.07) is 10.2. The van der Waals surface area contributed by atoms with Crippen LogP contribution >= 0.6 is 0 Å². The van der Waals surface area contributed by atoms with Gasteiger partial charge in [-0.3, -0.25) is 9.69 Å². The van der Waals surface area contributed by atoms with Crippen LogP contribution < -0.4 is 5.32 Å². The lowest BCUT2D eigenvalue weighted by molar-refractivity contribution is -0.126. The van der Waals surface area contributed by atoms with Gasteiger partial charge in [0.15, 0.2) is 0 Å². The molecule has 0 bridgehead atoms. The number of aliphatic hydroxyl groups is 1. The predicted octanol–water partition coefficient (Wildman–Crippen LogP) is 1.81. The molecule has 1 amide bonds. The highest BCUT2D eigenvalue weighted by atomic mass is 16.3. The molecule has 23 heavy (non-hydrogen) atoms. The molecule has 0 aliphatic carbocycles. The zero-order valence-corrected chi connectivity index (χ0v) is 13.9. The van der Waals surface area contributed by atoms with Crippen molar-refractivity contribution in [2.75, 3.05) is 13.2 Å². The van der Waals surface area contributed by atoms with Crippen LogP contribution in [0.15, 0.2) is 24.3 Å². The largest absolute Gasteiger partial charge is 0.395 e. The number of benzene rings is 1. The highest BCUT2D eigenvalue weighted by molar-refractivity contribution is 5.84. The quantitative estimate of drug-likeness (QED) is 0.839. The van der Waals surface area contributed by atoms with Crippen LogP contribution in [0.4, 0.5) is 0 Å². The normalized spacial score (nSPS) is 18.6. The van der Waals surface area contributed by atoms with Crippen molar-refractivity contribution < 1.29 is 9.90 Å². The van der Waals surface area contributed by atoms with Gasteiger partial charge in [-0.15, -0.1) is 0 Å². The molecular formula is C18H25N3O2. The van der Waals surface area contributed by atoms with Crippen LogP contribution in [0.25, 0.3) is 0 Å². The Bertz CT molecular complexity index is 592. The van der Waals surface area contributed by atoms with Crippen LogP contribution in [-0.4, -0.2) is 35.1 Å². The highest BCUT2D eigenvalue weighted by Gasteiger charge is 2.27. The van der Waals surface area contributed by atoms with E-state index < -0.39 is 5.41 Å². The van der Waals surface area contributed by atoms with Crippen molar-refractivity contribution in [1.29, 1.82) is 5.26 Å². The number of hydrogen-bond donors (Lipinski definition) is 2. The minimum Gasteiger partial charge on any atom is -0.395 e. The van der Waals surface area contributed by atoms with Gasteiger partial charge in [0.1, 0.15) is 5.41 Å². The molecule has 1 aliphatic heterocycles. The second kappa shape index (κ2) is 7.58. The summed E-state index contributed by atoms with van der Waals surface area (Å²) in [5, 5.41) is 21.3. The fourth-order valence-corrected chi connectivity index (χ4v) is 2.86.